The Morgan fingerprint density at radius 2 is 2.10 bits per heavy atom. The molecule has 3 aromatic heterocycles. The van der Waals surface area contributed by atoms with Crippen molar-refractivity contribution < 1.29 is 13.3 Å². The lowest BCUT2D eigenvalue weighted by molar-refractivity contribution is 0.212. The van der Waals surface area contributed by atoms with Crippen molar-refractivity contribution in [2.24, 2.45) is 5.16 Å². The number of oxime groups is 1. The average molecular weight is 431 g/mol. The number of pyridine rings is 1. The van der Waals surface area contributed by atoms with Gasteiger partial charge >= 0.3 is 0 Å². The maximum absolute atomic E-state index is 12.2. The molecule has 4 rings (SSSR count). The number of aromatic nitrogens is 4. The van der Waals surface area contributed by atoms with Crippen molar-refractivity contribution >= 4 is 32.9 Å². The van der Waals surface area contributed by atoms with E-state index in [1.807, 2.05) is 19.1 Å². The number of aryl methyl sites for hydroxylation is 1. The van der Waals surface area contributed by atoms with Crippen molar-refractivity contribution in [1.29, 1.82) is 0 Å². The van der Waals surface area contributed by atoms with E-state index in [1.54, 1.807) is 18.6 Å². The number of hydrogen-bond acceptors (Lipinski definition) is 9. The van der Waals surface area contributed by atoms with E-state index in [0.29, 0.717) is 23.5 Å². The Morgan fingerprint density at radius 3 is 2.79 bits per heavy atom. The molecule has 150 valence electrons. The molecule has 0 saturated heterocycles. The summed E-state index contributed by atoms with van der Waals surface area (Å²) in [5, 5.41) is 4.85. The van der Waals surface area contributed by atoms with E-state index in [2.05, 4.69) is 20.1 Å². The van der Waals surface area contributed by atoms with Crippen LogP contribution in [0.4, 0.5) is 5.82 Å². The zero-order valence-electron chi connectivity index (χ0n) is 16.0. The number of thiazole rings is 1. The molecule has 11 heteroatoms. The van der Waals surface area contributed by atoms with Crippen LogP contribution >= 0.6 is 11.3 Å². The maximum Gasteiger partial charge on any atom is 0.233 e. The first-order valence-corrected chi connectivity index (χ1v) is 11.4. The van der Waals surface area contributed by atoms with Crippen LogP contribution in [0.3, 0.4) is 0 Å². The summed E-state index contributed by atoms with van der Waals surface area (Å²) in [7, 11) is -2.03. The topological polar surface area (TPSA) is 111 Å². The standard InChI is InChI=1S/C18H18N6O3S2/c1-11-16(28-18(21-11)12-5-4-7-19-9-12)14-10-20-17-15(22-14)13(23-27-2)6-8-24(17)29(3,25)26/h4-5,7,9-10H,6,8H2,1-3H3/b23-13+. The normalized spacial score (nSPS) is 15.4. The van der Waals surface area contributed by atoms with Crippen LogP contribution in [0.15, 0.2) is 35.9 Å². The maximum atomic E-state index is 12.2. The lowest BCUT2D eigenvalue weighted by Crippen LogP contribution is -2.38. The number of rotatable bonds is 4. The fraction of sp³-hybridized carbons (Fsp3) is 0.278. The first kappa shape index (κ1) is 19.4. The van der Waals surface area contributed by atoms with Gasteiger partial charge in [-0.05, 0) is 19.1 Å². The van der Waals surface area contributed by atoms with Crippen molar-refractivity contribution in [3.63, 3.8) is 0 Å². The van der Waals surface area contributed by atoms with Gasteiger partial charge in [0.2, 0.25) is 10.0 Å². The van der Waals surface area contributed by atoms with E-state index in [9.17, 15) is 8.42 Å². The van der Waals surface area contributed by atoms with Gasteiger partial charge in [-0.15, -0.1) is 11.3 Å². The third-order valence-corrected chi connectivity index (χ3v) is 6.74. The highest BCUT2D eigenvalue weighted by Crippen LogP contribution is 2.35. The lowest BCUT2D eigenvalue weighted by Gasteiger charge is -2.27. The zero-order chi connectivity index (χ0) is 20.6. The Hall–Kier alpha value is -2.92. The summed E-state index contributed by atoms with van der Waals surface area (Å²) in [5.74, 6) is 0.257. The van der Waals surface area contributed by atoms with E-state index in [-0.39, 0.29) is 12.4 Å². The highest BCUT2D eigenvalue weighted by molar-refractivity contribution is 7.92. The summed E-state index contributed by atoms with van der Waals surface area (Å²) in [6, 6.07) is 3.80. The Labute approximate surface area is 172 Å². The van der Waals surface area contributed by atoms with E-state index in [4.69, 9.17) is 9.82 Å². The number of anilines is 1. The van der Waals surface area contributed by atoms with Gasteiger partial charge in [0.15, 0.2) is 5.82 Å². The number of sulfonamides is 1. The molecular formula is C18H18N6O3S2. The van der Waals surface area contributed by atoms with Gasteiger partial charge in [0.25, 0.3) is 0 Å². The third-order valence-electron chi connectivity index (χ3n) is 4.35. The lowest BCUT2D eigenvalue weighted by atomic mass is 10.1. The average Bonchev–Trinajstić information content (AvgIpc) is 3.09. The SMILES string of the molecule is CO/N=C1\CCN(S(C)(=O)=O)c2ncc(-c3sc(-c4cccnc4)nc3C)nc21. The fourth-order valence-electron chi connectivity index (χ4n) is 3.07. The van der Waals surface area contributed by atoms with Gasteiger partial charge < -0.3 is 4.84 Å². The second kappa shape index (κ2) is 7.48. The molecule has 0 unspecified atom stereocenters. The number of nitrogens with zero attached hydrogens (tertiary/aromatic N) is 6. The van der Waals surface area contributed by atoms with E-state index in [1.165, 1.54) is 22.8 Å². The van der Waals surface area contributed by atoms with Crippen LogP contribution in [0.25, 0.3) is 21.1 Å². The molecule has 0 fully saturated rings. The van der Waals surface area contributed by atoms with Crippen LogP contribution in [-0.2, 0) is 14.9 Å². The highest BCUT2D eigenvalue weighted by Gasteiger charge is 2.31. The second-order valence-corrected chi connectivity index (χ2v) is 9.31. The van der Waals surface area contributed by atoms with Gasteiger partial charge in [-0.2, -0.15) is 0 Å². The Morgan fingerprint density at radius 1 is 1.28 bits per heavy atom. The molecule has 0 saturated carbocycles. The van der Waals surface area contributed by atoms with Gasteiger partial charge in [-0.25, -0.2) is 23.4 Å². The monoisotopic (exact) mass is 430 g/mol. The molecule has 1 aliphatic rings. The first-order valence-electron chi connectivity index (χ1n) is 8.72. The molecule has 0 bridgehead atoms. The molecule has 0 radical (unpaired) electrons. The molecule has 0 amide bonds. The second-order valence-electron chi connectivity index (χ2n) is 6.41. The summed E-state index contributed by atoms with van der Waals surface area (Å²) in [5.41, 5.74) is 3.29. The first-order chi connectivity index (χ1) is 13.9. The van der Waals surface area contributed by atoms with Crippen molar-refractivity contribution in [3.8, 4) is 21.1 Å². The smallest absolute Gasteiger partial charge is 0.233 e. The van der Waals surface area contributed by atoms with Crippen LogP contribution in [0.5, 0.6) is 0 Å². The van der Waals surface area contributed by atoms with Crippen LogP contribution in [0.2, 0.25) is 0 Å². The summed E-state index contributed by atoms with van der Waals surface area (Å²) in [6.45, 7) is 2.15. The predicted molar refractivity (Wildman–Crippen MR) is 111 cm³/mol. The van der Waals surface area contributed by atoms with Gasteiger partial charge in [0, 0.05) is 30.9 Å². The molecular weight excluding hydrogens is 412 g/mol. The minimum atomic E-state index is -3.48. The molecule has 4 heterocycles. The van der Waals surface area contributed by atoms with E-state index >= 15 is 0 Å². The number of fused-ring (bicyclic) bond motifs is 1. The van der Waals surface area contributed by atoms with Gasteiger partial charge in [0.05, 0.1) is 23.0 Å². The molecule has 9 nitrogen and oxygen atoms in total. The van der Waals surface area contributed by atoms with Crippen molar-refractivity contribution in [2.75, 3.05) is 24.2 Å². The predicted octanol–water partition coefficient (Wildman–Crippen LogP) is 2.49. The largest absolute Gasteiger partial charge is 0.399 e. The molecule has 0 N–H and O–H groups in total. The van der Waals surface area contributed by atoms with Gasteiger partial charge in [-0.1, -0.05) is 5.16 Å². The third kappa shape index (κ3) is 3.70. The Kier molecular flexibility index (Phi) is 5.01. The summed E-state index contributed by atoms with van der Waals surface area (Å²) in [6.07, 6.45) is 6.57. The molecule has 0 spiro atoms. The van der Waals surface area contributed by atoms with E-state index < -0.39 is 10.0 Å². The van der Waals surface area contributed by atoms with Crippen LogP contribution in [0, 0.1) is 6.92 Å². The van der Waals surface area contributed by atoms with Crippen LogP contribution in [-0.4, -0.2) is 54.0 Å². The Bertz CT molecular complexity index is 1190. The summed E-state index contributed by atoms with van der Waals surface area (Å²) < 4.78 is 25.6. The number of hydrogen-bond donors (Lipinski definition) is 0. The summed E-state index contributed by atoms with van der Waals surface area (Å²) in [4.78, 5) is 23.7. The highest BCUT2D eigenvalue weighted by atomic mass is 32.2. The minimum Gasteiger partial charge on any atom is -0.399 e. The molecule has 0 aliphatic carbocycles. The Balaban J connectivity index is 1.83. The molecule has 0 atom stereocenters. The molecule has 0 aromatic carbocycles. The molecule has 1 aliphatic heterocycles. The zero-order valence-corrected chi connectivity index (χ0v) is 17.7. The quantitative estimate of drug-likeness (QED) is 0.585. The van der Waals surface area contributed by atoms with E-state index in [0.717, 1.165) is 27.4 Å². The van der Waals surface area contributed by atoms with Crippen molar-refractivity contribution in [1.82, 2.24) is 19.9 Å². The van der Waals surface area contributed by atoms with Crippen LogP contribution in [0.1, 0.15) is 17.8 Å². The molecule has 29 heavy (non-hydrogen) atoms. The van der Waals surface area contributed by atoms with Crippen molar-refractivity contribution in [3.05, 3.63) is 42.1 Å². The van der Waals surface area contributed by atoms with Crippen LogP contribution < -0.4 is 4.31 Å². The van der Waals surface area contributed by atoms with Gasteiger partial charge in [0.1, 0.15) is 29.2 Å². The van der Waals surface area contributed by atoms with Crippen molar-refractivity contribution in [2.45, 2.75) is 13.3 Å². The fourth-order valence-corrected chi connectivity index (χ4v) is 4.95. The minimum absolute atomic E-state index is 0.243. The molecule has 3 aromatic rings. The van der Waals surface area contributed by atoms with Gasteiger partial charge in [-0.3, -0.25) is 9.29 Å². The summed E-state index contributed by atoms with van der Waals surface area (Å²) >= 11 is 1.48.